The fraction of sp³-hybridized carbons (Fsp3) is 0.412. The van der Waals surface area contributed by atoms with Crippen molar-refractivity contribution >= 4 is 23.6 Å². The number of thioether (sulfide) groups is 1. The number of carbonyl (C=O) groups is 2. The van der Waals surface area contributed by atoms with Crippen molar-refractivity contribution in [2.45, 2.75) is 31.5 Å². The summed E-state index contributed by atoms with van der Waals surface area (Å²) in [5, 5.41) is 10.7. The number of rotatable bonds is 8. The average Bonchev–Trinajstić information content (AvgIpc) is 2.99. The van der Waals surface area contributed by atoms with Gasteiger partial charge in [0.1, 0.15) is 11.9 Å². The Balaban J connectivity index is 2.01. The Labute approximate surface area is 160 Å². The second-order valence-corrected chi connectivity index (χ2v) is 7.16. The van der Waals surface area contributed by atoms with Crippen LogP contribution < -0.4 is 11.2 Å². The van der Waals surface area contributed by atoms with Crippen LogP contribution in [-0.4, -0.2) is 45.7 Å². The smallest absolute Gasteiger partial charge is 0.328 e. The van der Waals surface area contributed by atoms with Crippen molar-refractivity contribution in [2.24, 2.45) is 5.92 Å². The highest BCUT2D eigenvalue weighted by Gasteiger charge is 2.23. The van der Waals surface area contributed by atoms with Gasteiger partial charge in [-0.2, -0.15) is 0 Å². The molecule has 2 aromatic rings. The molecule has 0 aliphatic rings. The van der Waals surface area contributed by atoms with Crippen LogP contribution >= 0.6 is 11.8 Å². The molecule has 2 rings (SSSR count). The minimum atomic E-state index is -0.715. The molecule has 0 aliphatic heterocycles. The molecule has 146 valence electrons. The molecular weight excluding hydrogens is 373 g/mol. The number of amides is 1. The summed E-state index contributed by atoms with van der Waals surface area (Å²) in [5.41, 5.74) is 0.214. The Morgan fingerprint density at radius 1 is 1.33 bits per heavy atom. The van der Waals surface area contributed by atoms with Crippen LogP contribution in [0.2, 0.25) is 0 Å². The van der Waals surface area contributed by atoms with E-state index >= 15 is 0 Å². The SMILES string of the molecule is COC(=O)[C@@H](CC(C)C)NC(=O)CSc1nnc(-c2ccccc2F)n1N. The van der Waals surface area contributed by atoms with Gasteiger partial charge in [0.25, 0.3) is 0 Å². The van der Waals surface area contributed by atoms with Gasteiger partial charge in [-0.05, 0) is 24.5 Å². The summed E-state index contributed by atoms with van der Waals surface area (Å²) in [6, 6.07) is 5.34. The minimum Gasteiger partial charge on any atom is -0.467 e. The summed E-state index contributed by atoms with van der Waals surface area (Å²) in [6.45, 7) is 3.88. The van der Waals surface area contributed by atoms with E-state index in [1.165, 1.54) is 19.2 Å². The first-order valence-corrected chi connectivity index (χ1v) is 9.27. The number of esters is 1. The van der Waals surface area contributed by atoms with Crippen LogP contribution in [0.25, 0.3) is 11.4 Å². The molecule has 1 aromatic heterocycles. The maximum absolute atomic E-state index is 13.9. The van der Waals surface area contributed by atoms with Gasteiger partial charge in [0.2, 0.25) is 11.1 Å². The van der Waals surface area contributed by atoms with Crippen LogP contribution in [0, 0.1) is 11.7 Å². The van der Waals surface area contributed by atoms with Crippen molar-refractivity contribution in [3.8, 4) is 11.4 Å². The Kier molecular flexibility index (Phi) is 7.17. The van der Waals surface area contributed by atoms with E-state index in [0.717, 1.165) is 16.4 Å². The second kappa shape index (κ2) is 9.36. The molecule has 0 saturated carbocycles. The van der Waals surface area contributed by atoms with Crippen molar-refractivity contribution < 1.29 is 18.7 Å². The molecule has 10 heteroatoms. The zero-order valence-corrected chi connectivity index (χ0v) is 16.1. The van der Waals surface area contributed by atoms with E-state index in [2.05, 4.69) is 15.5 Å². The van der Waals surface area contributed by atoms with Gasteiger partial charge in [0, 0.05) is 0 Å². The number of methoxy groups -OCH3 is 1. The van der Waals surface area contributed by atoms with Crippen LogP contribution in [0.4, 0.5) is 4.39 Å². The average molecular weight is 395 g/mol. The van der Waals surface area contributed by atoms with Gasteiger partial charge < -0.3 is 15.9 Å². The first kappa shape index (κ1) is 20.7. The summed E-state index contributed by atoms with van der Waals surface area (Å²) in [5.74, 6) is 4.92. The summed E-state index contributed by atoms with van der Waals surface area (Å²) < 4.78 is 19.7. The first-order chi connectivity index (χ1) is 12.8. The van der Waals surface area contributed by atoms with E-state index in [-0.39, 0.29) is 34.1 Å². The number of nitrogen functional groups attached to an aromatic ring is 1. The molecule has 27 heavy (non-hydrogen) atoms. The molecule has 0 fully saturated rings. The van der Waals surface area contributed by atoms with Crippen molar-refractivity contribution in [3.05, 3.63) is 30.1 Å². The van der Waals surface area contributed by atoms with Crippen LogP contribution in [0.3, 0.4) is 0 Å². The monoisotopic (exact) mass is 395 g/mol. The number of nitrogens with one attached hydrogen (secondary N) is 1. The number of carbonyl (C=O) groups excluding carboxylic acids is 2. The molecule has 1 heterocycles. The first-order valence-electron chi connectivity index (χ1n) is 8.28. The minimum absolute atomic E-state index is 0.0296. The van der Waals surface area contributed by atoms with Crippen LogP contribution in [0.1, 0.15) is 20.3 Å². The molecule has 0 aliphatic carbocycles. The Hall–Kier alpha value is -2.62. The fourth-order valence-corrected chi connectivity index (χ4v) is 3.06. The molecule has 0 radical (unpaired) electrons. The van der Waals surface area contributed by atoms with Crippen LogP contribution in [-0.2, 0) is 14.3 Å². The van der Waals surface area contributed by atoms with E-state index in [9.17, 15) is 14.0 Å². The number of nitrogens with zero attached hydrogens (tertiary/aromatic N) is 3. The maximum Gasteiger partial charge on any atom is 0.328 e. The lowest BCUT2D eigenvalue weighted by Gasteiger charge is -2.18. The van der Waals surface area contributed by atoms with Crippen LogP contribution in [0.15, 0.2) is 29.4 Å². The van der Waals surface area contributed by atoms with Gasteiger partial charge in [-0.1, -0.05) is 37.7 Å². The van der Waals surface area contributed by atoms with Crippen molar-refractivity contribution in [3.63, 3.8) is 0 Å². The third kappa shape index (κ3) is 5.43. The predicted octanol–water partition coefficient (Wildman–Crippen LogP) is 1.59. The molecule has 3 N–H and O–H groups in total. The van der Waals surface area contributed by atoms with Gasteiger partial charge in [-0.25, -0.2) is 13.9 Å². The van der Waals surface area contributed by atoms with Crippen molar-refractivity contribution in [1.29, 1.82) is 0 Å². The largest absolute Gasteiger partial charge is 0.467 e. The number of benzene rings is 1. The number of ether oxygens (including phenoxy) is 1. The van der Waals surface area contributed by atoms with E-state index in [4.69, 9.17) is 10.6 Å². The van der Waals surface area contributed by atoms with E-state index < -0.39 is 17.8 Å². The Morgan fingerprint density at radius 2 is 2.04 bits per heavy atom. The van der Waals surface area contributed by atoms with E-state index in [0.29, 0.717) is 6.42 Å². The zero-order chi connectivity index (χ0) is 20.0. The lowest BCUT2D eigenvalue weighted by atomic mass is 10.0. The summed E-state index contributed by atoms with van der Waals surface area (Å²) >= 11 is 1.03. The summed E-state index contributed by atoms with van der Waals surface area (Å²) in [6.07, 6.45) is 0.466. The number of hydrogen-bond acceptors (Lipinski definition) is 7. The van der Waals surface area contributed by atoms with Crippen molar-refractivity contribution in [2.75, 3.05) is 18.7 Å². The van der Waals surface area contributed by atoms with Gasteiger partial charge >= 0.3 is 5.97 Å². The molecule has 0 saturated heterocycles. The van der Waals surface area contributed by atoms with Gasteiger partial charge in [-0.3, -0.25) is 4.79 Å². The normalized spacial score (nSPS) is 12.0. The molecule has 0 unspecified atom stereocenters. The predicted molar refractivity (Wildman–Crippen MR) is 99.7 cm³/mol. The molecule has 0 spiro atoms. The third-order valence-electron chi connectivity index (χ3n) is 3.64. The molecule has 1 atom stereocenters. The molecule has 1 aromatic carbocycles. The number of halogens is 1. The molecule has 0 bridgehead atoms. The lowest BCUT2D eigenvalue weighted by molar-refractivity contribution is -0.145. The third-order valence-corrected chi connectivity index (χ3v) is 4.58. The molecular formula is C17H22FN5O3S. The summed E-state index contributed by atoms with van der Waals surface area (Å²) in [7, 11) is 1.28. The Bertz CT molecular complexity index is 812. The maximum atomic E-state index is 13.9. The second-order valence-electron chi connectivity index (χ2n) is 6.22. The highest BCUT2D eigenvalue weighted by atomic mass is 32.2. The van der Waals surface area contributed by atoms with E-state index in [1.54, 1.807) is 12.1 Å². The van der Waals surface area contributed by atoms with Crippen molar-refractivity contribution in [1.82, 2.24) is 20.2 Å². The quantitative estimate of drug-likeness (QED) is 0.396. The summed E-state index contributed by atoms with van der Waals surface area (Å²) in [4.78, 5) is 24.0. The van der Waals surface area contributed by atoms with Gasteiger partial charge in [-0.15, -0.1) is 10.2 Å². The number of nitrogens with two attached hydrogens (primary N) is 1. The molecule has 8 nitrogen and oxygen atoms in total. The standard InChI is InChI=1S/C17H22FN5O3S/c1-10(2)8-13(16(25)26-3)20-14(24)9-27-17-22-21-15(23(17)19)11-6-4-5-7-12(11)18/h4-7,10,13H,8-9,19H2,1-3H3,(H,20,24)/t13-/m1/s1. The highest BCUT2D eigenvalue weighted by molar-refractivity contribution is 7.99. The highest BCUT2D eigenvalue weighted by Crippen LogP contribution is 2.23. The lowest BCUT2D eigenvalue weighted by Crippen LogP contribution is -2.43. The van der Waals surface area contributed by atoms with Crippen LogP contribution in [0.5, 0.6) is 0 Å². The fourth-order valence-electron chi connectivity index (χ4n) is 2.40. The van der Waals surface area contributed by atoms with Gasteiger partial charge in [0.05, 0.1) is 18.4 Å². The molecule has 1 amide bonds. The van der Waals surface area contributed by atoms with Gasteiger partial charge in [0.15, 0.2) is 5.82 Å². The van der Waals surface area contributed by atoms with E-state index in [1.807, 2.05) is 13.8 Å². The Morgan fingerprint density at radius 3 is 2.67 bits per heavy atom. The topological polar surface area (TPSA) is 112 Å². The number of aromatic nitrogens is 3. The number of hydrogen-bond donors (Lipinski definition) is 2. The zero-order valence-electron chi connectivity index (χ0n) is 15.3.